The summed E-state index contributed by atoms with van der Waals surface area (Å²) in [6.07, 6.45) is 0.854. The van der Waals surface area contributed by atoms with Gasteiger partial charge in [-0.05, 0) is 31.4 Å². The molecule has 0 aliphatic rings. The molecule has 0 bridgehead atoms. The Morgan fingerprint density at radius 2 is 2.07 bits per heavy atom. The molecule has 0 spiro atoms. The van der Waals surface area contributed by atoms with Gasteiger partial charge in [-0.1, -0.05) is 23.8 Å². The number of carbonyl (C=O) groups is 1. The van der Waals surface area contributed by atoms with Gasteiger partial charge in [0.05, 0.1) is 0 Å². The van der Waals surface area contributed by atoms with Crippen LogP contribution in [0.4, 0.5) is 4.79 Å². The largest absolute Gasteiger partial charge is 0.351 e. The number of hydrogen-bond donors (Lipinski definition) is 1. The molecule has 1 aromatic carbocycles. The van der Waals surface area contributed by atoms with E-state index in [0.717, 1.165) is 6.42 Å². The Kier molecular flexibility index (Phi) is 3.72. The second kappa shape index (κ2) is 4.82. The van der Waals surface area contributed by atoms with Crippen LogP contribution in [0.25, 0.3) is 0 Å². The average molecular weight is 206 g/mol. The number of benzene rings is 1. The van der Waals surface area contributed by atoms with Gasteiger partial charge in [-0.2, -0.15) is 0 Å². The van der Waals surface area contributed by atoms with Crippen LogP contribution in [0.2, 0.25) is 0 Å². The second-order valence-corrected chi connectivity index (χ2v) is 3.94. The predicted octanol–water partition coefficient (Wildman–Crippen LogP) is 1.86. The first-order chi connectivity index (χ1) is 7.00. The molecule has 3 heteroatoms. The highest BCUT2D eigenvalue weighted by Gasteiger charge is 2.04. The lowest BCUT2D eigenvalue weighted by atomic mass is 10.0. The molecule has 0 radical (unpaired) electrons. The number of aryl methyl sites for hydroxylation is 2. The van der Waals surface area contributed by atoms with Crippen molar-refractivity contribution in [2.24, 2.45) is 5.73 Å². The zero-order chi connectivity index (χ0) is 11.4. The molecule has 2 N–H and O–H groups in total. The molecule has 0 aliphatic carbocycles. The fourth-order valence-electron chi connectivity index (χ4n) is 1.47. The summed E-state index contributed by atoms with van der Waals surface area (Å²) in [5.41, 5.74) is 8.95. The monoisotopic (exact) mass is 206 g/mol. The molecule has 0 unspecified atom stereocenters. The summed E-state index contributed by atoms with van der Waals surface area (Å²) in [4.78, 5) is 12.4. The third kappa shape index (κ3) is 3.27. The van der Waals surface area contributed by atoms with Crippen LogP contribution >= 0.6 is 0 Å². The highest BCUT2D eigenvalue weighted by Crippen LogP contribution is 2.11. The van der Waals surface area contributed by atoms with Crippen LogP contribution in [0.15, 0.2) is 18.2 Å². The number of nitrogens with two attached hydrogens (primary N) is 1. The zero-order valence-corrected chi connectivity index (χ0v) is 9.58. The third-order valence-corrected chi connectivity index (χ3v) is 2.60. The quantitative estimate of drug-likeness (QED) is 0.806. The van der Waals surface area contributed by atoms with Crippen LogP contribution in [0.5, 0.6) is 0 Å². The van der Waals surface area contributed by atoms with E-state index in [0.29, 0.717) is 6.54 Å². The summed E-state index contributed by atoms with van der Waals surface area (Å²) in [6, 6.07) is 5.98. The normalized spacial score (nSPS) is 10.1. The van der Waals surface area contributed by atoms with Crippen molar-refractivity contribution in [2.75, 3.05) is 13.6 Å². The molecule has 0 atom stereocenters. The summed E-state index contributed by atoms with van der Waals surface area (Å²) in [7, 11) is 1.72. The maximum Gasteiger partial charge on any atom is 0.314 e. The standard InChI is InChI=1S/C12H18N2O/c1-9-4-5-10(2)11(8-9)6-7-14(3)12(13)15/h4-5,8H,6-7H2,1-3H3,(H2,13,15). The number of nitrogens with zero attached hydrogens (tertiary/aromatic N) is 1. The molecule has 0 fully saturated rings. The molecule has 2 amide bonds. The number of carbonyl (C=O) groups excluding carboxylic acids is 1. The number of likely N-dealkylation sites (N-methyl/N-ethyl adjacent to an activating group) is 1. The van der Waals surface area contributed by atoms with Gasteiger partial charge in [-0.3, -0.25) is 0 Å². The van der Waals surface area contributed by atoms with E-state index in [1.165, 1.54) is 21.6 Å². The van der Waals surface area contributed by atoms with Gasteiger partial charge in [-0.15, -0.1) is 0 Å². The van der Waals surface area contributed by atoms with Gasteiger partial charge < -0.3 is 10.6 Å². The van der Waals surface area contributed by atoms with Crippen molar-refractivity contribution < 1.29 is 4.79 Å². The minimum Gasteiger partial charge on any atom is -0.351 e. The first-order valence-electron chi connectivity index (χ1n) is 5.07. The molecular weight excluding hydrogens is 188 g/mol. The third-order valence-electron chi connectivity index (χ3n) is 2.60. The van der Waals surface area contributed by atoms with Gasteiger partial charge in [0.2, 0.25) is 0 Å². The number of hydrogen-bond acceptors (Lipinski definition) is 1. The van der Waals surface area contributed by atoms with E-state index in [-0.39, 0.29) is 6.03 Å². The Labute approximate surface area is 90.9 Å². The molecule has 1 aromatic rings. The van der Waals surface area contributed by atoms with Crippen LogP contribution in [-0.4, -0.2) is 24.5 Å². The Morgan fingerprint density at radius 3 is 2.67 bits per heavy atom. The number of urea groups is 1. The lowest BCUT2D eigenvalue weighted by Gasteiger charge is -2.15. The van der Waals surface area contributed by atoms with Crippen molar-refractivity contribution in [1.29, 1.82) is 0 Å². The van der Waals surface area contributed by atoms with Gasteiger partial charge >= 0.3 is 6.03 Å². The highest BCUT2D eigenvalue weighted by molar-refractivity contribution is 5.71. The topological polar surface area (TPSA) is 46.3 Å². The van der Waals surface area contributed by atoms with Crippen LogP contribution in [0.1, 0.15) is 16.7 Å². The summed E-state index contributed by atoms with van der Waals surface area (Å²) < 4.78 is 0. The van der Waals surface area contributed by atoms with E-state index in [9.17, 15) is 4.79 Å². The summed E-state index contributed by atoms with van der Waals surface area (Å²) in [6.45, 7) is 4.82. The van der Waals surface area contributed by atoms with Crippen molar-refractivity contribution in [3.63, 3.8) is 0 Å². The van der Waals surface area contributed by atoms with Gasteiger partial charge in [0.1, 0.15) is 0 Å². The van der Waals surface area contributed by atoms with Gasteiger partial charge in [-0.25, -0.2) is 4.79 Å². The van der Waals surface area contributed by atoms with Crippen LogP contribution in [0.3, 0.4) is 0 Å². The Hall–Kier alpha value is -1.51. The molecule has 1 rings (SSSR count). The van der Waals surface area contributed by atoms with Crippen molar-refractivity contribution in [3.05, 3.63) is 34.9 Å². The Morgan fingerprint density at radius 1 is 1.40 bits per heavy atom. The summed E-state index contributed by atoms with van der Waals surface area (Å²) in [5.74, 6) is 0. The predicted molar refractivity (Wildman–Crippen MR) is 61.8 cm³/mol. The van der Waals surface area contributed by atoms with E-state index in [4.69, 9.17) is 5.73 Å². The average Bonchev–Trinajstić information content (AvgIpc) is 2.18. The second-order valence-electron chi connectivity index (χ2n) is 3.94. The highest BCUT2D eigenvalue weighted by atomic mass is 16.2. The van der Waals surface area contributed by atoms with Gasteiger partial charge in [0, 0.05) is 13.6 Å². The summed E-state index contributed by atoms with van der Waals surface area (Å²) >= 11 is 0. The Bertz CT molecular complexity index is 361. The molecule has 0 saturated heterocycles. The fraction of sp³-hybridized carbons (Fsp3) is 0.417. The smallest absolute Gasteiger partial charge is 0.314 e. The maximum atomic E-state index is 10.8. The molecule has 82 valence electrons. The SMILES string of the molecule is Cc1ccc(C)c(CCN(C)C(N)=O)c1. The van der Waals surface area contributed by atoms with E-state index >= 15 is 0 Å². The van der Waals surface area contributed by atoms with Crippen molar-refractivity contribution in [2.45, 2.75) is 20.3 Å². The van der Waals surface area contributed by atoms with Crippen molar-refractivity contribution in [1.82, 2.24) is 4.90 Å². The number of amides is 2. The van der Waals surface area contributed by atoms with Crippen LogP contribution in [0, 0.1) is 13.8 Å². The molecule has 0 saturated carbocycles. The van der Waals surface area contributed by atoms with E-state index in [1.807, 2.05) is 0 Å². The fourth-order valence-corrected chi connectivity index (χ4v) is 1.47. The lowest BCUT2D eigenvalue weighted by molar-refractivity contribution is 0.219. The zero-order valence-electron chi connectivity index (χ0n) is 9.58. The van der Waals surface area contributed by atoms with Crippen molar-refractivity contribution in [3.8, 4) is 0 Å². The Balaban J connectivity index is 2.65. The minimum absolute atomic E-state index is 0.375. The molecule has 0 aromatic heterocycles. The van der Waals surface area contributed by atoms with Gasteiger partial charge in [0.15, 0.2) is 0 Å². The van der Waals surface area contributed by atoms with Crippen LogP contribution < -0.4 is 5.73 Å². The molecule has 0 aliphatic heterocycles. The van der Waals surface area contributed by atoms with Gasteiger partial charge in [0.25, 0.3) is 0 Å². The number of rotatable bonds is 3. The molecule has 15 heavy (non-hydrogen) atoms. The number of primary amides is 1. The van der Waals surface area contributed by atoms with Crippen molar-refractivity contribution >= 4 is 6.03 Å². The van der Waals surface area contributed by atoms with E-state index < -0.39 is 0 Å². The first kappa shape index (κ1) is 11.6. The van der Waals surface area contributed by atoms with Crippen LogP contribution in [-0.2, 0) is 6.42 Å². The first-order valence-corrected chi connectivity index (χ1v) is 5.07. The molecular formula is C12H18N2O. The molecule has 0 heterocycles. The summed E-state index contributed by atoms with van der Waals surface area (Å²) in [5, 5.41) is 0. The van der Waals surface area contributed by atoms with E-state index in [2.05, 4.69) is 32.0 Å². The maximum absolute atomic E-state index is 10.8. The minimum atomic E-state index is -0.375. The molecule has 3 nitrogen and oxygen atoms in total. The lowest BCUT2D eigenvalue weighted by Crippen LogP contribution is -2.33. The van der Waals surface area contributed by atoms with E-state index in [1.54, 1.807) is 7.05 Å².